The van der Waals surface area contributed by atoms with Crippen LogP contribution in [0.2, 0.25) is 0 Å². The lowest BCUT2D eigenvalue weighted by Gasteiger charge is -2.23. The number of imidazole rings is 1. The molecule has 1 amide bonds. The number of para-hydroxylation sites is 2. The fourth-order valence-corrected chi connectivity index (χ4v) is 4.66. The Morgan fingerprint density at radius 2 is 1.85 bits per heavy atom. The highest BCUT2D eigenvalue weighted by Crippen LogP contribution is 2.29. The van der Waals surface area contributed by atoms with E-state index in [2.05, 4.69) is 9.55 Å². The predicted molar refractivity (Wildman–Crippen MR) is 156 cm³/mol. The first-order valence-corrected chi connectivity index (χ1v) is 13.0. The zero-order valence-corrected chi connectivity index (χ0v) is 23.6. The van der Waals surface area contributed by atoms with Gasteiger partial charge in [0.15, 0.2) is 11.6 Å². The number of nitrogen functional groups attached to an aromatic ring is 1. The third-order valence-electron chi connectivity index (χ3n) is 6.26. The maximum absolute atomic E-state index is 12.8. The van der Waals surface area contributed by atoms with Crippen LogP contribution in [0.3, 0.4) is 0 Å². The molecule has 0 aliphatic heterocycles. The molecule has 2 aromatic heterocycles. The van der Waals surface area contributed by atoms with Gasteiger partial charge in [-0.2, -0.15) is 0 Å². The number of halogens is 2. The third kappa shape index (κ3) is 7.17. The maximum Gasteiger partial charge on any atom is 0.237 e. The van der Waals surface area contributed by atoms with Crippen molar-refractivity contribution in [3.63, 3.8) is 0 Å². The van der Waals surface area contributed by atoms with Crippen LogP contribution in [-0.4, -0.2) is 63.9 Å². The number of anilines is 1. The molecule has 0 aliphatic carbocycles. The lowest BCUT2D eigenvalue weighted by Crippen LogP contribution is -2.33. The molecule has 4 aromatic rings. The molecule has 0 spiro atoms. The smallest absolute Gasteiger partial charge is 0.237 e. The van der Waals surface area contributed by atoms with Crippen molar-refractivity contribution in [3.05, 3.63) is 59.9 Å². The number of ketones is 1. The number of fused-ring (bicyclic) bond motifs is 3. The van der Waals surface area contributed by atoms with Gasteiger partial charge in [-0.1, -0.05) is 36.4 Å². The van der Waals surface area contributed by atoms with Gasteiger partial charge in [0.2, 0.25) is 5.91 Å². The van der Waals surface area contributed by atoms with Crippen LogP contribution in [-0.2, 0) is 33.8 Å². The number of hydrogen-bond donors (Lipinski definition) is 1. The van der Waals surface area contributed by atoms with Crippen molar-refractivity contribution < 1.29 is 19.1 Å². The highest BCUT2D eigenvalue weighted by Gasteiger charge is 2.19. The van der Waals surface area contributed by atoms with Crippen molar-refractivity contribution >= 4 is 63.5 Å². The minimum absolute atomic E-state index is 0. The molecule has 0 saturated heterocycles. The van der Waals surface area contributed by atoms with Crippen molar-refractivity contribution in [2.24, 2.45) is 0 Å². The van der Waals surface area contributed by atoms with Crippen LogP contribution >= 0.6 is 24.0 Å². The molecule has 0 atom stereocenters. The lowest BCUT2D eigenvalue weighted by molar-refractivity contribution is -0.129. The molecule has 0 aliphatic rings. The largest absolute Gasteiger partial charge is 0.485 e. The van der Waals surface area contributed by atoms with Gasteiger partial charge in [-0.15, -0.1) is 24.0 Å². The highest BCUT2D eigenvalue weighted by molar-refractivity contribution is 6.27. The Balaban J connectivity index is 0.00000420. The molecule has 0 unspecified atom stereocenters. The minimum Gasteiger partial charge on any atom is -0.485 e. The Morgan fingerprint density at radius 3 is 2.59 bits per heavy atom. The monoisotopic (exact) mass is 573 g/mol. The number of nitrogens with zero attached hydrogens (tertiary/aromatic N) is 4. The molecule has 2 heterocycles. The second-order valence-electron chi connectivity index (χ2n) is 9.03. The molecule has 0 radical (unpaired) electrons. The Hall–Kier alpha value is -3.40. The topological polar surface area (TPSA) is 113 Å². The molecule has 39 heavy (non-hydrogen) atoms. The van der Waals surface area contributed by atoms with Crippen molar-refractivity contribution in [2.75, 3.05) is 38.5 Å². The number of benzene rings is 2. The van der Waals surface area contributed by atoms with E-state index in [9.17, 15) is 9.59 Å². The van der Waals surface area contributed by atoms with Crippen LogP contribution in [0.25, 0.3) is 21.9 Å². The van der Waals surface area contributed by atoms with Crippen molar-refractivity contribution in [3.8, 4) is 5.75 Å². The fourth-order valence-electron chi connectivity index (χ4n) is 4.49. The second kappa shape index (κ2) is 14.1. The number of carbonyl (C=O) groups excluding carboxylic acids is 2. The number of ether oxygens (including phenoxy) is 2. The molecule has 4 rings (SSSR count). The average Bonchev–Trinajstić information content (AvgIpc) is 3.29. The molecule has 0 saturated carbocycles. The first kappa shape index (κ1) is 30.1. The zero-order valence-electron chi connectivity index (χ0n) is 22.1. The van der Waals surface area contributed by atoms with Crippen LogP contribution < -0.4 is 10.5 Å². The van der Waals surface area contributed by atoms with Crippen LogP contribution in [0, 0.1) is 0 Å². The molecule has 2 N–H and O–H groups in total. The number of carbonyl (C=O) groups is 2. The second-order valence-corrected chi connectivity index (χ2v) is 9.30. The normalized spacial score (nSPS) is 10.9. The van der Waals surface area contributed by atoms with Crippen molar-refractivity contribution in [1.29, 1.82) is 0 Å². The molecule has 2 aromatic carbocycles. The summed E-state index contributed by atoms with van der Waals surface area (Å²) in [4.78, 5) is 35.2. The van der Waals surface area contributed by atoms with Gasteiger partial charge in [-0.05, 0) is 25.5 Å². The van der Waals surface area contributed by atoms with E-state index >= 15 is 0 Å². The van der Waals surface area contributed by atoms with E-state index in [1.807, 2.05) is 42.5 Å². The number of alkyl halides is 1. The van der Waals surface area contributed by atoms with E-state index in [-0.39, 0.29) is 36.6 Å². The van der Waals surface area contributed by atoms with Crippen LogP contribution in [0.1, 0.15) is 24.7 Å². The molecule has 9 nitrogen and oxygen atoms in total. The first-order valence-electron chi connectivity index (χ1n) is 12.5. The number of amides is 1. The summed E-state index contributed by atoms with van der Waals surface area (Å²) in [5.74, 6) is 1.43. The first-order chi connectivity index (χ1) is 18.4. The van der Waals surface area contributed by atoms with E-state index in [1.54, 1.807) is 18.1 Å². The summed E-state index contributed by atoms with van der Waals surface area (Å²) in [6, 6.07) is 15.3. The number of pyridine rings is 1. The summed E-state index contributed by atoms with van der Waals surface area (Å²) in [6.45, 7) is 3.36. The van der Waals surface area contributed by atoms with Gasteiger partial charge in [0.1, 0.15) is 29.6 Å². The number of methoxy groups -OCH3 is 1. The summed E-state index contributed by atoms with van der Waals surface area (Å²) < 4.78 is 13.1. The average molecular weight is 575 g/mol. The SMILES string of the molecule is COCCc1nc2c(N)nc3ccccc3c2n1CCCN(Cc1ccccc1OCC(C)=O)C(=O)CCl.Cl. The molecule has 0 bridgehead atoms. The van der Waals surface area contributed by atoms with Crippen molar-refractivity contribution in [2.45, 2.75) is 32.9 Å². The number of nitrogens with two attached hydrogens (primary N) is 1. The predicted octanol–water partition coefficient (Wildman–Crippen LogP) is 4.40. The van der Waals surface area contributed by atoms with E-state index in [0.29, 0.717) is 56.2 Å². The molecule has 208 valence electrons. The number of rotatable bonds is 13. The van der Waals surface area contributed by atoms with E-state index in [0.717, 1.165) is 27.8 Å². The highest BCUT2D eigenvalue weighted by atomic mass is 35.5. The van der Waals surface area contributed by atoms with E-state index in [4.69, 9.17) is 31.8 Å². The Kier molecular flexibility index (Phi) is 10.9. The molecular weight excluding hydrogens is 541 g/mol. The summed E-state index contributed by atoms with van der Waals surface area (Å²) in [5, 5.41) is 0.970. The summed E-state index contributed by atoms with van der Waals surface area (Å²) >= 11 is 5.96. The van der Waals surface area contributed by atoms with Crippen LogP contribution in [0.5, 0.6) is 5.75 Å². The number of Topliss-reactive ketones (excluding diaryl/α,β-unsaturated/α-hetero) is 1. The van der Waals surface area contributed by atoms with Gasteiger partial charge in [-0.3, -0.25) is 9.59 Å². The Labute approximate surface area is 238 Å². The van der Waals surface area contributed by atoms with Gasteiger partial charge < -0.3 is 24.7 Å². The van der Waals surface area contributed by atoms with Gasteiger partial charge in [0.25, 0.3) is 0 Å². The maximum atomic E-state index is 12.8. The number of aryl methyl sites for hydroxylation is 1. The van der Waals surface area contributed by atoms with Crippen LogP contribution in [0.4, 0.5) is 5.82 Å². The minimum atomic E-state index is -0.179. The summed E-state index contributed by atoms with van der Waals surface area (Å²) in [5.41, 5.74) is 9.50. The molecular formula is C28H33Cl2N5O4. The van der Waals surface area contributed by atoms with Gasteiger partial charge in [-0.25, -0.2) is 9.97 Å². The number of hydrogen-bond acceptors (Lipinski definition) is 7. The van der Waals surface area contributed by atoms with E-state index in [1.165, 1.54) is 6.92 Å². The number of aromatic nitrogens is 3. The van der Waals surface area contributed by atoms with Gasteiger partial charge in [0.05, 0.1) is 17.6 Å². The Bertz CT molecular complexity index is 1440. The van der Waals surface area contributed by atoms with Crippen molar-refractivity contribution in [1.82, 2.24) is 19.4 Å². The summed E-state index contributed by atoms with van der Waals surface area (Å²) in [6.07, 6.45) is 1.27. The standard InChI is InChI=1S/C28H32ClN5O4.ClH/c1-19(35)18-38-23-11-6-3-8-20(23)17-33(25(36)16-29)13-7-14-34-24(12-15-37-2)32-26-27(34)21-9-4-5-10-22(21)31-28(26)30;/h3-6,8-11H,7,12-18H2,1-2H3,(H2,30,31);1H. The quantitative estimate of drug-likeness (QED) is 0.236. The molecule has 11 heteroatoms. The third-order valence-corrected chi connectivity index (χ3v) is 6.49. The van der Waals surface area contributed by atoms with Gasteiger partial charge in [0, 0.05) is 44.1 Å². The van der Waals surface area contributed by atoms with Crippen LogP contribution in [0.15, 0.2) is 48.5 Å². The van der Waals surface area contributed by atoms with Gasteiger partial charge >= 0.3 is 0 Å². The Morgan fingerprint density at radius 1 is 1.10 bits per heavy atom. The zero-order chi connectivity index (χ0) is 27.1. The fraction of sp³-hybridized carbons (Fsp3) is 0.357. The molecule has 0 fully saturated rings. The lowest BCUT2D eigenvalue weighted by atomic mass is 10.1. The van der Waals surface area contributed by atoms with E-state index < -0.39 is 0 Å². The summed E-state index contributed by atoms with van der Waals surface area (Å²) in [7, 11) is 1.66.